The highest BCUT2D eigenvalue weighted by molar-refractivity contribution is 5.99. The van der Waals surface area contributed by atoms with E-state index in [1.807, 2.05) is 0 Å². The van der Waals surface area contributed by atoms with Crippen molar-refractivity contribution in [3.8, 4) is 11.5 Å². The van der Waals surface area contributed by atoms with Crippen molar-refractivity contribution in [3.63, 3.8) is 0 Å². The Bertz CT molecular complexity index is 423. The maximum Gasteiger partial charge on any atom is 0.258 e. The second kappa shape index (κ2) is 9.23. The van der Waals surface area contributed by atoms with Gasteiger partial charge in [0.1, 0.15) is 17.1 Å². The Kier molecular flexibility index (Phi) is 7.61. The van der Waals surface area contributed by atoms with Crippen molar-refractivity contribution in [3.05, 3.63) is 23.8 Å². The fraction of sp³-hybridized carbons (Fsp3) is 0.562. The number of hydrogen-bond donors (Lipinski definition) is 1. The summed E-state index contributed by atoms with van der Waals surface area (Å²) in [6.45, 7) is 7.96. The number of methoxy groups -OCH3 is 2. The Morgan fingerprint density at radius 1 is 1.14 bits per heavy atom. The van der Waals surface area contributed by atoms with Gasteiger partial charge in [-0.1, -0.05) is 19.9 Å². The summed E-state index contributed by atoms with van der Waals surface area (Å²) in [7, 11) is 3.10. The van der Waals surface area contributed by atoms with Gasteiger partial charge in [0.2, 0.25) is 0 Å². The summed E-state index contributed by atoms with van der Waals surface area (Å²) in [6.07, 6.45) is 0.922. The number of benzene rings is 1. The zero-order valence-electron chi connectivity index (χ0n) is 13.4. The molecule has 0 saturated carbocycles. The Hall–Kier alpha value is -1.75. The molecule has 118 valence electrons. The lowest BCUT2D eigenvalue weighted by atomic mass is 10.1. The molecule has 1 N–H and O–H groups in total. The van der Waals surface area contributed by atoms with Crippen LogP contribution in [0.4, 0.5) is 0 Å². The fourth-order valence-electron chi connectivity index (χ4n) is 2.21. The van der Waals surface area contributed by atoms with Gasteiger partial charge < -0.3 is 19.7 Å². The van der Waals surface area contributed by atoms with E-state index in [4.69, 9.17) is 9.47 Å². The van der Waals surface area contributed by atoms with Gasteiger partial charge in [-0.05, 0) is 38.2 Å². The van der Waals surface area contributed by atoms with Crippen LogP contribution in [0.1, 0.15) is 30.6 Å². The van der Waals surface area contributed by atoms with Gasteiger partial charge in [-0.3, -0.25) is 4.79 Å². The largest absolute Gasteiger partial charge is 0.496 e. The van der Waals surface area contributed by atoms with Crippen molar-refractivity contribution in [1.82, 2.24) is 10.2 Å². The van der Waals surface area contributed by atoms with E-state index in [-0.39, 0.29) is 5.91 Å². The molecule has 0 heterocycles. The molecule has 0 aliphatic carbocycles. The van der Waals surface area contributed by atoms with Crippen molar-refractivity contribution in [1.29, 1.82) is 0 Å². The Morgan fingerprint density at radius 2 is 1.71 bits per heavy atom. The Morgan fingerprint density at radius 3 is 2.19 bits per heavy atom. The molecule has 0 saturated heterocycles. The summed E-state index contributed by atoms with van der Waals surface area (Å²) in [4.78, 5) is 14.6. The molecule has 0 bridgehead atoms. The van der Waals surface area contributed by atoms with Gasteiger partial charge in [0.15, 0.2) is 0 Å². The number of rotatable bonds is 9. The van der Waals surface area contributed by atoms with Crippen LogP contribution in [0.3, 0.4) is 0 Å². The third-order valence-electron chi connectivity index (χ3n) is 3.49. The summed E-state index contributed by atoms with van der Waals surface area (Å²) in [6, 6.07) is 5.31. The van der Waals surface area contributed by atoms with E-state index >= 15 is 0 Å². The molecule has 1 rings (SSSR count). The SMILES string of the molecule is CCN(CC)CCCNC(=O)c1c(OC)cccc1OC. The summed E-state index contributed by atoms with van der Waals surface area (Å²) < 4.78 is 10.5. The standard InChI is InChI=1S/C16H26N2O3/c1-5-18(6-2)12-8-11-17-16(19)15-13(20-3)9-7-10-14(15)21-4/h7,9-10H,5-6,8,11-12H2,1-4H3,(H,17,19). The molecule has 0 fully saturated rings. The van der Waals surface area contributed by atoms with Crippen molar-refractivity contribution in [2.75, 3.05) is 40.4 Å². The second-order valence-electron chi connectivity index (χ2n) is 4.67. The van der Waals surface area contributed by atoms with Crippen LogP contribution in [-0.2, 0) is 0 Å². The van der Waals surface area contributed by atoms with E-state index in [1.54, 1.807) is 32.4 Å². The van der Waals surface area contributed by atoms with E-state index in [9.17, 15) is 4.79 Å². The predicted octanol–water partition coefficient (Wildman–Crippen LogP) is 2.17. The van der Waals surface area contributed by atoms with Gasteiger partial charge in [0, 0.05) is 6.54 Å². The predicted molar refractivity (Wildman–Crippen MR) is 84.3 cm³/mol. The van der Waals surface area contributed by atoms with Gasteiger partial charge in [-0.2, -0.15) is 0 Å². The lowest BCUT2D eigenvalue weighted by Gasteiger charge is -2.18. The number of hydrogen-bond acceptors (Lipinski definition) is 4. The average Bonchev–Trinajstić information content (AvgIpc) is 2.53. The molecule has 0 aliphatic rings. The first-order chi connectivity index (χ1) is 10.2. The van der Waals surface area contributed by atoms with Crippen molar-refractivity contribution in [2.24, 2.45) is 0 Å². The summed E-state index contributed by atoms with van der Waals surface area (Å²) in [5.41, 5.74) is 0.449. The molecule has 0 spiro atoms. The number of nitrogens with zero attached hydrogens (tertiary/aromatic N) is 1. The van der Waals surface area contributed by atoms with Crippen LogP contribution in [0, 0.1) is 0 Å². The molecule has 0 atom stereocenters. The lowest BCUT2D eigenvalue weighted by Crippen LogP contribution is -2.30. The number of carbonyl (C=O) groups excluding carboxylic acids is 1. The molecule has 1 aromatic carbocycles. The normalized spacial score (nSPS) is 10.5. The van der Waals surface area contributed by atoms with Crippen molar-refractivity contribution < 1.29 is 14.3 Å². The minimum absolute atomic E-state index is 0.163. The first-order valence-electron chi connectivity index (χ1n) is 7.39. The fourth-order valence-corrected chi connectivity index (χ4v) is 2.21. The first-order valence-corrected chi connectivity index (χ1v) is 7.39. The number of ether oxygens (including phenoxy) is 2. The van der Waals surface area contributed by atoms with Gasteiger partial charge in [0.05, 0.1) is 14.2 Å². The van der Waals surface area contributed by atoms with Crippen LogP contribution >= 0.6 is 0 Å². The topological polar surface area (TPSA) is 50.8 Å². The van der Waals surface area contributed by atoms with Gasteiger partial charge in [0.25, 0.3) is 5.91 Å². The van der Waals surface area contributed by atoms with E-state index in [1.165, 1.54) is 0 Å². The molecule has 21 heavy (non-hydrogen) atoms. The van der Waals surface area contributed by atoms with Crippen molar-refractivity contribution >= 4 is 5.91 Å². The molecular formula is C16H26N2O3. The summed E-state index contributed by atoms with van der Waals surface area (Å²) in [5.74, 6) is 0.884. The molecule has 5 heteroatoms. The van der Waals surface area contributed by atoms with Crippen molar-refractivity contribution in [2.45, 2.75) is 20.3 Å². The third-order valence-corrected chi connectivity index (χ3v) is 3.49. The van der Waals surface area contributed by atoms with Crippen LogP contribution in [0.5, 0.6) is 11.5 Å². The maximum absolute atomic E-state index is 12.3. The number of carbonyl (C=O) groups is 1. The Balaban J connectivity index is 2.60. The molecular weight excluding hydrogens is 268 g/mol. The van der Waals surface area contributed by atoms with Gasteiger partial charge in [-0.25, -0.2) is 0 Å². The molecule has 5 nitrogen and oxygen atoms in total. The van der Waals surface area contributed by atoms with Crippen LogP contribution in [0.2, 0.25) is 0 Å². The van der Waals surface area contributed by atoms with E-state index < -0.39 is 0 Å². The minimum Gasteiger partial charge on any atom is -0.496 e. The monoisotopic (exact) mass is 294 g/mol. The van der Waals surface area contributed by atoms with Crippen LogP contribution in [-0.4, -0.2) is 51.2 Å². The van der Waals surface area contributed by atoms with E-state index in [0.29, 0.717) is 23.6 Å². The lowest BCUT2D eigenvalue weighted by molar-refractivity contribution is 0.0945. The molecule has 1 amide bonds. The highest BCUT2D eigenvalue weighted by Crippen LogP contribution is 2.27. The number of nitrogens with one attached hydrogen (secondary N) is 1. The average molecular weight is 294 g/mol. The molecule has 0 aromatic heterocycles. The van der Waals surface area contributed by atoms with Gasteiger partial charge >= 0.3 is 0 Å². The molecule has 0 aliphatic heterocycles. The smallest absolute Gasteiger partial charge is 0.258 e. The zero-order valence-corrected chi connectivity index (χ0v) is 13.4. The van der Waals surface area contributed by atoms with Crippen LogP contribution < -0.4 is 14.8 Å². The molecule has 0 unspecified atom stereocenters. The van der Waals surface area contributed by atoms with Crippen LogP contribution in [0.25, 0.3) is 0 Å². The molecule has 0 radical (unpaired) electrons. The van der Waals surface area contributed by atoms with Gasteiger partial charge in [-0.15, -0.1) is 0 Å². The molecule has 1 aromatic rings. The van der Waals surface area contributed by atoms with E-state index in [2.05, 4.69) is 24.1 Å². The number of amides is 1. The minimum atomic E-state index is -0.163. The van der Waals surface area contributed by atoms with Crippen LogP contribution in [0.15, 0.2) is 18.2 Å². The Labute approximate surface area is 127 Å². The highest BCUT2D eigenvalue weighted by Gasteiger charge is 2.17. The maximum atomic E-state index is 12.3. The summed E-state index contributed by atoms with van der Waals surface area (Å²) in [5, 5.41) is 2.93. The zero-order chi connectivity index (χ0) is 15.7. The highest BCUT2D eigenvalue weighted by atomic mass is 16.5. The quantitative estimate of drug-likeness (QED) is 0.709. The third kappa shape index (κ3) is 4.93. The first kappa shape index (κ1) is 17.3. The summed E-state index contributed by atoms with van der Waals surface area (Å²) >= 11 is 0. The second-order valence-corrected chi connectivity index (χ2v) is 4.67. The van der Waals surface area contributed by atoms with E-state index in [0.717, 1.165) is 26.1 Å².